The van der Waals surface area contributed by atoms with Crippen LogP contribution in [0.5, 0.6) is 5.75 Å². The smallest absolute Gasteiger partial charge is 0.459 e. The molecule has 0 unspecified atom stereocenters. The van der Waals surface area contributed by atoms with E-state index in [4.69, 9.17) is 24.3 Å². The van der Waals surface area contributed by atoms with Crippen LogP contribution in [0.2, 0.25) is 0 Å². The van der Waals surface area contributed by atoms with Gasteiger partial charge in [-0.3, -0.25) is 9.32 Å². The van der Waals surface area contributed by atoms with Gasteiger partial charge >= 0.3 is 19.9 Å². The Balaban J connectivity index is 1.54. The third-order valence-electron chi connectivity index (χ3n) is 7.06. The van der Waals surface area contributed by atoms with Gasteiger partial charge < -0.3 is 29.9 Å². The number of ether oxygens (including phenoxy) is 2. The van der Waals surface area contributed by atoms with E-state index in [0.717, 1.165) is 27.1 Å². The summed E-state index contributed by atoms with van der Waals surface area (Å²) < 4.78 is 91.0. The van der Waals surface area contributed by atoms with Gasteiger partial charge in [-0.1, -0.05) is 18.2 Å². The normalized spacial score (nSPS) is 24.6. The van der Waals surface area contributed by atoms with E-state index in [1.54, 1.807) is 6.07 Å². The standard InChI is InChI=1S/C26H32F4N5O8P/c1-15(23(38)40-12-24(2,3)26(28,29)30)34-44(39,43-16-7-5-4-6-8-16)41-13-25(11-27)21(37)19(36)20(42-25)17-9-10-18-22(31)32-14-33-35(17)18/h4-10,14-15,19-21,36-37H,11-13H2,1-3H3,(H,34,39)(H2,31,32,33)/t15-,19-,20-,21-,25+,44-/m0/s1. The van der Waals surface area contributed by atoms with Crippen LogP contribution in [-0.2, 0) is 23.4 Å². The minimum atomic E-state index is -4.68. The number of anilines is 1. The Morgan fingerprint density at radius 3 is 2.55 bits per heavy atom. The Hall–Kier alpha value is -3.34. The number of aliphatic hydroxyl groups excluding tert-OH is 2. The van der Waals surface area contributed by atoms with Crippen LogP contribution in [0.25, 0.3) is 5.52 Å². The molecule has 3 heterocycles. The number of aliphatic hydroxyl groups is 2. The van der Waals surface area contributed by atoms with E-state index in [2.05, 4.69) is 15.2 Å². The number of nitrogen functional groups attached to an aromatic ring is 1. The molecule has 2 aromatic heterocycles. The van der Waals surface area contributed by atoms with Crippen molar-refractivity contribution in [2.24, 2.45) is 5.41 Å². The number of rotatable bonds is 12. The zero-order valence-electron chi connectivity index (χ0n) is 23.8. The Labute approximate surface area is 248 Å². The van der Waals surface area contributed by atoms with E-state index in [9.17, 15) is 37.1 Å². The summed E-state index contributed by atoms with van der Waals surface area (Å²) in [6, 6.07) is 8.94. The molecule has 0 bridgehead atoms. The quantitative estimate of drug-likeness (QED) is 0.128. The van der Waals surface area contributed by atoms with Gasteiger partial charge in [-0.25, -0.2) is 18.5 Å². The van der Waals surface area contributed by atoms with Gasteiger partial charge in [0.15, 0.2) is 5.82 Å². The Morgan fingerprint density at radius 1 is 1.23 bits per heavy atom. The first kappa shape index (κ1) is 33.6. The van der Waals surface area contributed by atoms with Crippen LogP contribution in [0, 0.1) is 5.41 Å². The number of halogens is 4. The number of aromatic nitrogens is 3. The lowest BCUT2D eigenvalue weighted by molar-refractivity contribution is -0.226. The molecule has 1 aliphatic rings. The molecule has 242 valence electrons. The largest absolute Gasteiger partial charge is 0.464 e. The first-order valence-corrected chi connectivity index (χ1v) is 14.8. The van der Waals surface area contributed by atoms with Crippen molar-refractivity contribution in [1.82, 2.24) is 19.7 Å². The van der Waals surface area contributed by atoms with Crippen molar-refractivity contribution in [3.05, 3.63) is 54.5 Å². The monoisotopic (exact) mass is 649 g/mol. The molecule has 0 amide bonds. The summed E-state index contributed by atoms with van der Waals surface area (Å²) in [6.07, 6.45) is -8.50. The van der Waals surface area contributed by atoms with Crippen LogP contribution >= 0.6 is 7.75 Å². The molecule has 1 fully saturated rings. The summed E-state index contributed by atoms with van der Waals surface area (Å²) in [5.41, 5.74) is 1.74. The topological polar surface area (TPSA) is 180 Å². The van der Waals surface area contributed by atoms with E-state index >= 15 is 0 Å². The lowest BCUT2D eigenvalue weighted by Crippen LogP contribution is -2.49. The maximum atomic E-state index is 14.6. The van der Waals surface area contributed by atoms with E-state index < -0.39 is 75.2 Å². The predicted octanol–water partition coefficient (Wildman–Crippen LogP) is 3.13. The second kappa shape index (κ2) is 12.6. The summed E-state index contributed by atoms with van der Waals surface area (Å²) in [5, 5.41) is 28.1. The molecule has 5 N–H and O–H groups in total. The number of nitrogens with one attached hydrogen (secondary N) is 1. The molecule has 0 aliphatic carbocycles. The number of carbonyl (C=O) groups excluding carboxylic acids is 1. The number of nitrogens with zero attached hydrogens (tertiary/aromatic N) is 3. The fraction of sp³-hybridized carbons (Fsp3) is 0.500. The number of fused-ring (bicyclic) bond motifs is 1. The summed E-state index contributed by atoms with van der Waals surface area (Å²) in [7, 11) is -4.68. The molecule has 13 nitrogen and oxygen atoms in total. The molecule has 6 atom stereocenters. The van der Waals surface area contributed by atoms with Gasteiger partial charge in [0.25, 0.3) is 0 Å². The molecule has 4 rings (SSSR count). The highest BCUT2D eigenvalue weighted by atomic mass is 31.2. The second-order valence-electron chi connectivity index (χ2n) is 10.9. The highest BCUT2D eigenvalue weighted by molar-refractivity contribution is 7.52. The van der Waals surface area contributed by atoms with E-state index in [0.29, 0.717) is 5.52 Å². The Kier molecular flexibility index (Phi) is 9.59. The molecule has 44 heavy (non-hydrogen) atoms. The van der Waals surface area contributed by atoms with E-state index in [-0.39, 0.29) is 17.3 Å². The van der Waals surface area contributed by atoms with E-state index in [1.807, 2.05) is 0 Å². The molecule has 3 aromatic rings. The summed E-state index contributed by atoms with van der Waals surface area (Å²) in [6.45, 7) is -0.606. The lowest BCUT2D eigenvalue weighted by Gasteiger charge is -2.31. The van der Waals surface area contributed by atoms with E-state index in [1.165, 1.54) is 40.9 Å². The first-order chi connectivity index (χ1) is 20.5. The third-order valence-corrected chi connectivity index (χ3v) is 8.68. The van der Waals surface area contributed by atoms with Gasteiger partial charge in [0.1, 0.15) is 60.8 Å². The van der Waals surface area contributed by atoms with Crippen molar-refractivity contribution in [3.8, 4) is 5.75 Å². The lowest BCUT2D eigenvalue weighted by atomic mass is 9.94. The number of hydrogen-bond acceptors (Lipinski definition) is 11. The Morgan fingerprint density at radius 2 is 1.91 bits per heavy atom. The predicted molar refractivity (Wildman–Crippen MR) is 146 cm³/mol. The first-order valence-electron chi connectivity index (χ1n) is 13.2. The molecule has 1 aromatic carbocycles. The highest BCUT2D eigenvalue weighted by Crippen LogP contribution is 2.49. The number of carbonyl (C=O) groups is 1. The van der Waals surface area contributed by atoms with Crippen molar-refractivity contribution in [2.45, 2.75) is 56.9 Å². The molecule has 1 aliphatic heterocycles. The third kappa shape index (κ3) is 6.82. The highest BCUT2D eigenvalue weighted by Gasteiger charge is 2.57. The van der Waals surface area contributed by atoms with Crippen molar-refractivity contribution < 1.29 is 55.7 Å². The molecular formula is C26H32F4N5O8P. The van der Waals surface area contributed by atoms with Gasteiger partial charge in [-0.2, -0.15) is 23.4 Å². The number of esters is 1. The molecule has 1 saturated heterocycles. The van der Waals surface area contributed by atoms with Crippen LogP contribution in [0.15, 0.2) is 48.8 Å². The molecule has 0 spiro atoms. The van der Waals surface area contributed by atoms with Crippen LogP contribution in [0.3, 0.4) is 0 Å². The SMILES string of the molecule is C[C@H](N[P@](=O)(OC[C@@]1(CF)O[C@@H](c2ccc3c(N)ncnn23)[C@H](O)[C@@H]1O)Oc1ccccc1)C(=O)OCC(C)(C)C(F)(F)F. The zero-order valence-corrected chi connectivity index (χ0v) is 24.7. The second-order valence-corrected chi connectivity index (χ2v) is 12.6. The number of alkyl halides is 4. The van der Waals surface area contributed by atoms with Crippen molar-refractivity contribution in [3.63, 3.8) is 0 Å². The van der Waals surface area contributed by atoms with Crippen LogP contribution < -0.4 is 15.3 Å². The minimum Gasteiger partial charge on any atom is -0.464 e. The zero-order chi connectivity index (χ0) is 32.5. The number of nitrogens with two attached hydrogens (primary N) is 1. The van der Waals surface area contributed by atoms with Crippen molar-refractivity contribution in [1.29, 1.82) is 0 Å². The number of para-hydroxylation sites is 1. The fourth-order valence-electron chi connectivity index (χ4n) is 4.21. The molecule has 0 radical (unpaired) electrons. The summed E-state index contributed by atoms with van der Waals surface area (Å²) >= 11 is 0. The average molecular weight is 650 g/mol. The van der Waals surface area contributed by atoms with Gasteiger partial charge in [0.2, 0.25) is 0 Å². The molecule has 18 heteroatoms. The summed E-state index contributed by atoms with van der Waals surface area (Å²) in [4.78, 5) is 16.4. The van der Waals surface area contributed by atoms with Gasteiger partial charge in [0.05, 0.1) is 17.7 Å². The summed E-state index contributed by atoms with van der Waals surface area (Å²) in [5.74, 6) is -1.12. The Bertz CT molecular complexity index is 1510. The van der Waals surface area contributed by atoms with Crippen LogP contribution in [0.1, 0.15) is 32.6 Å². The van der Waals surface area contributed by atoms with Crippen LogP contribution in [-0.4, -0.2) is 80.7 Å². The number of hydrogen-bond donors (Lipinski definition) is 4. The van der Waals surface area contributed by atoms with Crippen molar-refractivity contribution in [2.75, 3.05) is 25.6 Å². The van der Waals surface area contributed by atoms with Gasteiger partial charge in [-0.05, 0) is 45.0 Å². The minimum absolute atomic E-state index is 0.0147. The van der Waals surface area contributed by atoms with Gasteiger partial charge in [0, 0.05) is 0 Å². The molecular weight excluding hydrogens is 617 g/mol. The van der Waals surface area contributed by atoms with Gasteiger partial charge in [-0.15, -0.1) is 0 Å². The number of benzene rings is 1. The maximum Gasteiger partial charge on any atom is 0.459 e. The fourth-order valence-corrected chi connectivity index (χ4v) is 5.76. The van der Waals surface area contributed by atoms with Crippen molar-refractivity contribution >= 4 is 25.1 Å². The maximum absolute atomic E-state index is 14.6. The average Bonchev–Trinajstić information content (AvgIpc) is 3.50. The van der Waals surface area contributed by atoms with Crippen LogP contribution in [0.4, 0.5) is 23.4 Å². The molecule has 0 saturated carbocycles.